The second kappa shape index (κ2) is 15.0. The van der Waals surface area contributed by atoms with Crippen LogP contribution in [0.1, 0.15) is 91.9 Å². The Kier molecular flexibility index (Phi) is 14.0. The van der Waals surface area contributed by atoms with E-state index in [4.69, 9.17) is 0 Å². The molecule has 0 radical (unpaired) electrons. The number of hydrogen-bond acceptors (Lipinski definition) is 3. The molecular formula is C23H42NO6+. The zero-order chi connectivity index (χ0) is 23.2. The number of unbranched alkanes of at least 4 members (excludes halogenated alkanes) is 3. The average molecular weight is 429 g/mol. The zero-order valence-corrected chi connectivity index (χ0v) is 19.2. The molecule has 0 aliphatic rings. The predicted octanol–water partition coefficient (Wildman–Crippen LogP) is 4.70. The minimum Gasteiger partial charge on any atom is -0.477 e. The summed E-state index contributed by atoms with van der Waals surface area (Å²) in [4.78, 5) is 37.1. The number of nitrogens with zero attached hydrogens (tertiary/aromatic N) is 1. The Labute approximate surface area is 181 Å². The smallest absolute Gasteiger partial charge is 0.362 e. The molecule has 0 aliphatic carbocycles. The summed E-state index contributed by atoms with van der Waals surface area (Å²) in [6.07, 6.45) is 9.69. The number of hydrogen-bond donors (Lipinski definition) is 3. The minimum absolute atomic E-state index is 0.251. The monoisotopic (exact) mass is 428 g/mol. The van der Waals surface area contributed by atoms with Crippen LogP contribution in [0.5, 0.6) is 0 Å². The molecule has 0 aromatic rings. The first-order valence-electron chi connectivity index (χ1n) is 11.4. The average Bonchev–Trinajstić information content (AvgIpc) is 2.68. The van der Waals surface area contributed by atoms with E-state index in [1.807, 2.05) is 33.8 Å². The fraction of sp³-hybridized carbons (Fsp3) is 0.783. The summed E-state index contributed by atoms with van der Waals surface area (Å²) in [5, 5.41) is 30.3. The zero-order valence-electron chi connectivity index (χ0n) is 19.2. The lowest BCUT2D eigenvalue weighted by molar-refractivity contribution is -0.973. The van der Waals surface area contributed by atoms with Crippen molar-refractivity contribution < 1.29 is 34.2 Å². The van der Waals surface area contributed by atoms with Gasteiger partial charge in [0.15, 0.2) is 18.1 Å². The molecule has 0 saturated heterocycles. The molecule has 7 heteroatoms. The molecule has 30 heavy (non-hydrogen) atoms. The molecular weight excluding hydrogens is 386 g/mol. The molecule has 3 atom stereocenters. The second-order valence-electron chi connectivity index (χ2n) is 8.07. The third kappa shape index (κ3) is 7.74. The highest BCUT2D eigenvalue weighted by Gasteiger charge is 2.56. The van der Waals surface area contributed by atoms with Crippen LogP contribution in [0.3, 0.4) is 0 Å². The molecule has 3 unspecified atom stereocenters. The van der Waals surface area contributed by atoms with Crippen LogP contribution in [0.15, 0.2) is 12.2 Å². The minimum atomic E-state index is -1.10. The van der Waals surface area contributed by atoms with E-state index in [9.17, 15) is 29.7 Å². The maximum Gasteiger partial charge on any atom is 0.362 e. The van der Waals surface area contributed by atoms with Crippen molar-refractivity contribution in [3.05, 3.63) is 12.2 Å². The van der Waals surface area contributed by atoms with Gasteiger partial charge in [-0.1, -0.05) is 32.9 Å². The first-order chi connectivity index (χ1) is 14.2. The third-order valence-corrected chi connectivity index (χ3v) is 5.93. The van der Waals surface area contributed by atoms with E-state index < -0.39 is 36.0 Å². The Hall–Kier alpha value is -1.89. The molecule has 174 valence electrons. The number of carboxylic acid groups (broad SMARTS) is 3. The maximum atomic E-state index is 12.4. The number of allylic oxidation sites excluding steroid dienone is 2. The van der Waals surface area contributed by atoms with Crippen LogP contribution in [0.25, 0.3) is 0 Å². The summed E-state index contributed by atoms with van der Waals surface area (Å²) in [5.41, 5.74) is 0. The van der Waals surface area contributed by atoms with Gasteiger partial charge in [-0.05, 0) is 51.9 Å². The van der Waals surface area contributed by atoms with Crippen LogP contribution in [-0.2, 0) is 14.4 Å². The van der Waals surface area contributed by atoms with Gasteiger partial charge in [0.25, 0.3) is 0 Å². The highest BCUT2D eigenvalue weighted by atomic mass is 16.4. The van der Waals surface area contributed by atoms with Crippen LogP contribution in [-0.4, -0.2) is 62.4 Å². The predicted molar refractivity (Wildman–Crippen MR) is 117 cm³/mol. The lowest BCUT2D eigenvalue weighted by atomic mass is 9.91. The summed E-state index contributed by atoms with van der Waals surface area (Å²) in [6, 6.07) is -3.15. The molecule has 0 amide bonds. The number of carboxylic acids is 3. The van der Waals surface area contributed by atoms with Gasteiger partial charge in [0.05, 0.1) is 6.54 Å². The largest absolute Gasteiger partial charge is 0.477 e. The Bertz CT molecular complexity index is 500. The van der Waals surface area contributed by atoms with Crippen molar-refractivity contribution >= 4 is 17.9 Å². The van der Waals surface area contributed by atoms with Crippen molar-refractivity contribution in [2.24, 2.45) is 0 Å². The maximum absolute atomic E-state index is 12.4. The Morgan fingerprint density at radius 1 is 0.733 bits per heavy atom. The Morgan fingerprint density at radius 3 is 1.43 bits per heavy atom. The van der Waals surface area contributed by atoms with Crippen molar-refractivity contribution in [3.63, 3.8) is 0 Å². The topological polar surface area (TPSA) is 112 Å². The van der Waals surface area contributed by atoms with Crippen molar-refractivity contribution in [1.29, 1.82) is 0 Å². The molecule has 0 heterocycles. The van der Waals surface area contributed by atoms with E-state index in [0.29, 0.717) is 25.7 Å². The Balaban J connectivity index is 6.44. The van der Waals surface area contributed by atoms with Gasteiger partial charge in [-0.3, -0.25) is 4.48 Å². The lowest BCUT2D eigenvalue weighted by Crippen LogP contribution is -2.72. The van der Waals surface area contributed by atoms with Crippen molar-refractivity contribution in [3.8, 4) is 0 Å². The number of aliphatic carboxylic acids is 3. The molecule has 7 nitrogen and oxygen atoms in total. The van der Waals surface area contributed by atoms with Gasteiger partial charge in [-0.15, -0.1) is 0 Å². The summed E-state index contributed by atoms with van der Waals surface area (Å²) >= 11 is 0. The molecule has 0 aliphatic heterocycles. The van der Waals surface area contributed by atoms with Gasteiger partial charge < -0.3 is 15.3 Å². The van der Waals surface area contributed by atoms with Crippen molar-refractivity contribution in [2.45, 2.75) is 110 Å². The fourth-order valence-corrected chi connectivity index (χ4v) is 4.64. The molecule has 0 aromatic heterocycles. The Morgan fingerprint density at radius 2 is 1.13 bits per heavy atom. The van der Waals surface area contributed by atoms with Crippen molar-refractivity contribution in [2.75, 3.05) is 6.54 Å². The summed E-state index contributed by atoms with van der Waals surface area (Å²) in [6.45, 7) is 7.77. The number of carbonyl (C=O) groups is 3. The van der Waals surface area contributed by atoms with E-state index >= 15 is 0 Å². The summed E-state index contributed by atoms with van der Waals surface area (Å²) in [7, 11) is 0. The molecule has 0 spiro atoms. The van der Waals surface area contributed by atoms with Crippen LogP contribution in [0.4, 0.5) is 0 Å². The second-order valence-corrected chi connectivity index (χ2v) is 8.07. The standard InChI is InChI=1S/C23H41NO6/c1-5-9-10-11-12-13-17-24(18(14-6-2)21(25)26,19(15-7-3)22(27)28)20(16-8-4)23(29)30/h5,9,18-20H,6-8,10-17H2,1-4H3,(H2-,25,26,27,28,29,30)/p+1/b9-5+. The molecule has 0 rings (SSSR count). The van der Waals surface area contributed by atoms with E-state index in [2.05, 4.69) is 6.08 Å². The van der Waals surface area contributed by atoms with E-state index in [-0.39, 0.29) is 30.3 Å². The SMILES string of the molecule is C/C=C/CCCCC[N+](C(CCC)C(=O)O)(C(CCC)C(=O)O)C(CCC)C(=O)O. The van der Waals surface area contributed by atoms with Gasteiger partial charge in [0.2, 0.25) is 0 Å². The number of quaternary nitrogens is 1. The first kappa shape index (κ1) is 28.1. The van der Waals surface area contributed by atoms with Crippen LogP contribution < -0.4 is 0 Å². The van der Waals surface area contributed by atoms with Crippen molar-refractivity contribution in [1.82, 2.24) is 0 Å². The van der Waals surface area contributed by atoms with E-state index in [1.165, 1.54) is 0 Å². The normalized spacial score (nSPS) is 16.7. The van der Waals surface area contributed by atoms with E-state index in [1.54, 1.807) is 0 Å². The molecule has 0 aromatic carbocycles. The van der Waals surface area contributed by atoms with Gasteiger partial charge in [-0.2, -0.15) is 0 Å². The quantitative estimate of drug-likeness (QED) is 0.166. The fourth-order valence-electron chi connectivity index (χ4n) is 4.64. The number of rotatable bonds is 18. The van der Waals surface area contributed by atoms with Gasteiger partial charge in [0.1, 0.15) is 0 Å². The summed E-state index contributed by atoms with van der Waals surface area (Å²) in [5.74, 6) is -3.30. The van der Waals surface area contributed by atoms with Crippen LogP contribution in [0, 0.1) is 0 Å². The highest BCUT2D eigenvalue weighted by molar-refractivity contribution is 5.78. The van der Waals surface area contributed by atoms with Gasteiger partial charge in [0, 0.05) is 19.3 Å². The van der Waals surface area contributed by atoms with Gasteiger partial charge in [-0.25, -0.2) is 14.4 Å². The summed E-state index contributed by atoms with van der Waals surface area (Å²) < 4.78 is -0.390. The molecule has 0 bridgehead atoms. The molecule has 0 fully saturated rings. The lowest BCUT2D eigenvalue weighted by Gasteiger charge is -2.50. The molecule has 3 N–H and O–H groups in total. The van der Waals surface area contributed by atoms with Crippen LogP contribution >= 0.6 is 0 Å². The van der Waals surface area contributed by atoms with Crippen LogP contribution in [0.2, 0.25) is 0 Å². The highest BCUT2D eigenvalue weighted by Crippen LogP contribution is 2.34. The molecule has 0 saturated carbocycles. The van der Waals surface area contributed by atoms with Gasteiger partial charge >= 0.3 is 17.9 Å². The first-order valence-corrected chi connectivity index (χ1v) is 11.4. The van der Waals surface area contributed by atoms with E-state index in [0.717, 1.165) is 19.3 Å². The third-order valence-electron chi connectivity index (χ3n) is 5.93.